The van der Waals surface area contributed by atoms with Gasteiger partial charge in [0, 0.05) is 20.1 Å². The Bertz CT molecular complexity index is 430. The Balaban J connectivity index is 2.94. The fourth-order valence-corrected chi connectivity index (χ4v) is 2.85. The number of nitrogens with zero attached hydrogens (tertiary/aromatic N) is 4. The van der Waals surface area contributed by atoms with E-state index in [9.17, 15) is 0 Å². The van der Waals surface area contributed by atoms with Crippen molar-refractivity contribution in [3.05, 3.63) is 11.3 Å². The van der Waals surface area contributed by atoms with E-state index >= 15 is 0 Å². The van der Waals surface area contributed by atoms with Crippen molar-refractivity contribution in [2.45, 2.75) is 26.3 Å². The second-order valence-electron chi connectivity index (χ2n) is 5.67. The highest BCUT2D eigenvalue weighted by Crippen LogP contribution is 2.31. The van der Waals surface area contributed by atoms with E-state index in [0.29, 0.717) is 6.54 Å². The van der Waals surface area contributed by atoms with Crippen LogP contribution in [-0.2, 0) is 7.05 Å². The average Bonchev–Trinajstić information content (AvgIpc) is 2.71. The maximum absolute atomic E-state index is 6.07. The number of rotatable bonds is 9. The van der Waals surface area contributed by atoms with Crippen LogP contribution in [-0.4, -0.2) is 67.0 Å². The van der Waals surface area contributed by atoms with Crippen LogP contribution < -0.4 is 10.5 Å². The molecule has 0 spiro atoms. The van der Waals surface area contributed by atoms with Gasteiger partial charge in [-0.25, -0.2) is 4.68 Å². The SMILES string of the molecule is CCN(CCCN(C)C)C(CN)c1c(C)nn(C)c1OC. The maximum atomic E-state index is 6.07. The predicted molar refractivity (Wildman–Crippen MR) is 86.7 cm³/mol. The lowest BCUT2D eigenvalue weighted by atomic mass is 10.1. The summed E-state index contributed by atoms with van der Waals surface area (Å²) < 4.78 is 7.32. The van der Waals surface area contributed by atoms with Crippen molar-refractivity contribution in [2.24, 2.45) is 12.8 Å². The number of methoxy groups -OCH3 is 1. The number of nitrogens with two attached hydrogens (primary N) is 1. The lowest BCUT2D eigenvalue weighted by Gasteiger charge is -2.30. The highest BCUT2D eigenvalue weighted by atomic mass is 16.5. The minimum absolute atomic E-state index is 0.154. The molecule has 0 saturated carbocycles. The van der Waals surface area contributed by atoms with Crippen LogP contribution in [0.5, 0.6) is 5.88 Å². The molecule has 1 heterocycles. The van der Waals surface area contributed by atoms with E-state index in [1.165, 1.54) is 0 Å². The van der Waals surface area contributed by atoms with Gasteiger partial charge in [0.25, 0.3) is 0 Å². The molecule has 6 heteroatoms. The van der Waals surface area contributed by atoms with Crippen LogP contribution in [0.3, 0.4) is 0 Å². The number of likely N-dealkylation sites (N-methyl/N-ethyl adjacent to an activating group) is 1. The zero-order valence-electron chi connectivity index (χ0n) is 14.4. The molecule has 122 valence electrons. The lowest BCUT2D eigenvalue weighted by molar-refractivity contribution is 0.196. The summed E-state index contributed by atoms with van der Waals surface area (Å²) in [5.41, 5.74) is 8.19. The molecule has 0 amide bonds. The molecular formula is C15H31N5O. The Labute approximate surface area is 128 Å². The summed E-state index contributed by atoms with van der Waals surface area (Å²) in [6.45, 7) is 7.83. The standard InChI is InChI=1S/C15H31N5O/c1-7-20(10-8-9-18(3)4)13(11-16)14-12(2)17-19(5)15(14)21-6/h13H,7-11,16H2,1-6H3. The first-order chi connectivity index (χ1) is 9.96. The van der Waals surface area contributed by atoms with Crippen molar-refractivity contribution in [3.8, 4) is 5.88 Å². The molecule has 0 radical (unpaired) electrons. The van der Waals surface area contributed by atoms with Crippen molar-refractivity contribution in [1.29, 1.82) is 0 Å². The highest BCUT2D eigenvalue weighted by Gasteiger charge is 2.26. The Kier molecular flexibility index (Phi) is 7.14. The van der Waals surface area contributed by atoms with Crippen LogP contribution in [0, 0.1) is 6.92 Å². The summed E-state index contributed by atoms with van der Waals surface area (Å²) >= 11 is 0. The van der Waals surface area contributed by atoms with Gasteiger partial charge in [-0.15, -0.1) is 0 Å². The molecule has 0 aliphatic heterocycles. The molecule has 0 aromatic carbocycles. The van der Waals surface area contributed by atoms with Crippen LogP contribution in [0.25, 0.3) is 0 Å². The molecule has 1 aromatic rings. The van der Waals surface area contributed by atoms with Gasteiger partial charge in [0.15, 0.2) is 0 Å². The molecule has 0 bridgehead atoms. The number of aryl methyl sites for hydroxylation is 2. The van der Waals surface area contributed by atoms with Crippen LogP contribution in [0.1, 0.15) is 30.6 Å². The monoisotopic (exact) mass is 297 g/mol. The molecule has 1 rings (SSSR count). The number of hydrogen-bond acceptors (Lipinski definition) is 5. The average molecular weight is 297 g/mol. The molecule has 6 nitrogen and oxygen atoms in total. The first-order valence-electron chi connectivity index (χ1n) is 7.62. The lowest BCUT2D eigenvalue weighted by Crippen LogP contribution is -2.36. The third-order valence-corrected chi connectivity index (χ3v) is 3.86. The van der Waals surface area contributed by atoms with Gasteiger partial charge in [-0.3, -0.25) is 4.90 Å². The Morgan fingerprint density at radius 2 is 2.00 bits per heavy atom. The highest BCUT2D eigenvalue weighted by molar-refractivity contribution is 5.34. The van der Waals surface area contributed by atoms with E-state index in [-0.39, 0.29) is 6.04 Å². The predicted octanol–water partition coefficient (Wildman–Crippen LogP) is 1.01. The molecule has 0 aliphatic rings. The van der Waals surface area contributed by atoms with Crippen LogP contribution in [0.2, 0.25) is 0 Å². The van der Waals surface area contributed by atoms with Gasteiger partial charge in [0.05, 0.1) is 24.4 Å². The van der Waals surface area contributed by atoms with Crippen molar-refractivity contribution in [1.82, 2.24) is 19.6 Å². The summed E-state index contributed by atoms with van der Waals surface area (Å²) in [4.78, 5) is 4.62. The smallest absolute Gasteiger partial charge is 0.216 e. The van der Waals surface area contributed by atoms with E-state index in [2.05, 4.69) is 35.9 Å². The summed E-state index contributed by atoms with van der Waals surface area (Å²) in [6.07, 6.45) is 1.12. The van der Waals surface area contributed by atoms with Crippen LogP contribution in [0.4, 0.5) is 0 Å². The molecular weight excluding hydrogens is 266 g/mol. The van der Waals surface area contributed by atoms with Gasteiger partial charge in [-0.2, -0.15) is 5.10 Å². The van der Waals surface area contributed by atoms with E-state index in [4.69, 9.17) is 10.5 Å². The molecule has 1 aromatic heterocycles. The van der Waals surface area contributed by atoms with Crippen molar-refractivity contribution >= 4 is 0 Å². The fraction of sp³-hybridized carbons (Fsp3) is 0.800. The Hall–Kier alpha value is -1.11. The van der Waals surface area contributed by atoms with Gasteiger partial charge in [-0.1, -0.05) is 6.92 Å². The number of ether oxygens (including phenoxy) is 1. The van der Waals surface area contributed by atoms with Crippen molar-refractivity contribution in [3.63, 3.8) is 0 Å². The topological polar surface area (TPSA) is 59.5 Å². The number of hydrogen-bond donors (Lipinski definition) is 1. The summed E-state index contributed by atoms with van der Waals surface area (Å²) in [5.74, 6) is 0.814. The molecule has 0 fully saturated rings. The van der Waals surface area contributed by atoms with E-state index in [1.807, 2.05) is 14.0 Å². The Morgan fingerprint density at radius 3 is 2.48 bits per heavy atom. The van der Waals surface area contributed by atoms with E-state index in [1.54, 1.807) is 11.8 Å². The third-order valence-electron chi connectivity index (χ3n) is 3.86. The third kappa shape index (κ3) is 4.43. The second kappa shape index (κ2) is 8.36. The zero-order valence-corrected chi connectivity index (χ0v) is 14.4. The fourth-order valence-electron chi connectivity index (χ4n) is 2.85. The van der Waals surface area contributed by atoms with Gasteiger partial charge >= 0.3 is 0 Å². The number of aromatic nitrogens is 2. The maximum Gasteiger partial charge on any atom is 0.216 e. The minimum atomic E-state index is 0.154. The van der Waals surface area contributed by atoms with Gasteiger partial charge in [0.2, 0.25) is 5.88 Å². The van der Waals surface area contributed by atoms with Crippen LogP contribution in [0.15, 0.2) is 0 Å². The van der Waals surface area contributed by atoms with E-state index in [0.717, 1.165) is 43.2 Å². The molecule has 21 heavy (non-hydrogen) atoms. The normalized spacial score (nSPS) is 13.2. The Morgan fingerprint density at radius 1 is 1.33 bits per heavy atom. The molecule has 1 atom stereocenters. The largest absolute Gasteiger partial charge is 0.481 e. The summed E-state index contributed by atoms with van der Waals surface area (Å²) in [7, 11) is 7.80. The molecule has 2 N–H and O–H groups in total. The van der Waals surface area contributed by atoms with Gasteiger partial charge in [-0.05, 0) is 40.5 Å². The van der Waals surface area contributed by atoms with Gasteiger partial charge < -0.3 is 15.4 Å². The molecule has 1 unspecified atom stereocenters. The minimum Gasteiger partial charge on any atom is -0.481 e. The first-order valence-corrected chi connectivity index (χ1v) is 7.62. The van der Waals surface area contributed by atoms with Crippen molar-refractivity contribution < 1.29 is 4.74 Å². The zero-order chi connectivity index (χ0) is 16.0. The first kappa shape index (κ1) is 17.9. The van der Waals surface area contributed by atoms with Crippen molar-refractivity contribution in [2.75, 3.05) is 47.4 Å². The molecule has 0 saturated heterocycles. The summed E-state index contributed by atoms with van der Waals surface area (Å²) in [6, 6.07) is 0.154. The summed E-state index contributed by atoms with van der Waals surface area (Å²) in [5, 5.41) is 4.48. The van der Waals surface area contributed by atoms with Crippen LogP contribution >= 0.6 is 0 Å². The van der Waals surface area contributed by atoms with E-state index < -0.39 is 0 Å². The second-order valence-corrected chi connectivity index (χ2v) is 5.67. The quantitative estimate of drug-likeness (QED) is 0.737. The van der Waals surface area contributed by atoms with Gasteiger partial charge in [0.1, 0.15) is 0 Å². The molecule has 0 aliphatic carbocycles.